The molecule has 0 amide bonds. The van der Waals surface area contributed by atoms with Gasteiger partial charge >= 0.3 is 0 Å². The number of para-hydroxylation sites is 1. The molecule has 0 aliphatic rings. The highest BCUT2D eigenvalue weighted by molar-refractivity contribution is 7.92. The number of hydrogen-bond donors (Lipinski definition) is 0. The second-order valence-corrected chi connectivity index (χ2v) is 5.68. The van der Waals surface area contributed by atoms with Crippen LogP contribution in [0.2, 0.25) is 0 Å². The van der Waals surface area contributed by atoms with Crippen molar-refractivity contribution in [3.63, 3.8) is 0 Å². The molecule has 0 atom stereocenters. The van der Waals surface area contributed by atoms with Crippen molar-refractivity contribution in [2.45, 2.75) is 4.90 Å². The lowest BCUT2D eigenvalue weighted by molar-refractivity contribution is 0.566. The van der Waals surface area contributed by atoms with Gasteiger partial charge < -0.3 is 0 Å². The maximum Gasteiger partial charge on any atom is 0.266 e. The minimum absolute atomic E-state index is 0. The summed E-state index contributed by atoms with van der Waals surface area (Å²) in [5.74, 6) is -0.750. The summed E-state index contributed by atoms with van der Waals surface area (Å²) in [4.78, 5) is -0.323. The Bertz CT molecular complexity index is 647. The molecule has 2 rings (SSSR count). The first-order valence-corrected chi connectivity index (χ1v) is 6.76. The summed E-state index contributed by atoms with van der Waals surface area (Å²) >= 11 is 0. The normalized spacial score (nSPS) is 10.6. The number of hydrogen-bond acceptors (Lipinski definition) is 2. The van der Waals surface area contributed by atoms with Crippen LogP contribution in [0.25, 0.3) is 0 Å². The Morgan fingerprint density at radius 2 is 1.47 bits per heavy atom. The molecule has 0 heterocycles. The zero-order valence-electron chi connectivity index (χ0n) is 10.2. The summed E-state index contributed by atoms with van der Waals surface area (Å²) in [6, 6.07) is 13.9. The number of anilines is 1. The van der Waals surface area contributed by atoms with Gasteiger partial charge in [-0.2, -0.15) is 0 Å². The topological polar surface area (TPSA) is 37.4 Å². The van der Waals surface area contributed by atoms with Gasteiger partial charge in [0.15, 0.2) is 0 Å². The number of halogens is 2. The fraction of sp³-hybridized carbons (Fsp3) is 0.0769. The molecule has 0 aromatic heterocycles. The molecular formula is C13H13ClFNO2S. The Morgan fingerprint density at radius 1 is 0.947 bits per heavy atom. The number of sulfonamides is 1. The van der Waals surface area contributed by atoms with E-state index in [-0.39, 0.29) is 17.3 Å². The second-order valence-electron chi connectivity index (χ2n) is 3.74. The number of nitrogens with zero attached hydrogens (tertiary/aromatic N) is 1. The lowest BCUT2D eigenvalue weighted by atomic mass is 10.3. The summed E-state index contributed by atoms with van der Waals surface area (Å²) < 4.78 is 39.1. The van der Waals surface area contributed by atoms with Gasteiger partial charge in [0, 0.05) is 7.05 Å². The molecule has 0 spiro atoms. The van der Waals surface area contributed by atoms with Gasteiger partial charge in [-0.1, -0.05) is 30.3 Å². The first-order valence-electron chi connectivity index (χ1n) is 5.32. The van der Waals surface area contributed by atoms with Gasteiger partial charge in [0.1, 0.15) is 10.7 Å². The minimum atomic E-state index is -3.86. The summed E-state index contributed by atoms with van der Waals surface area (Å²) in [5, 5.41) is 0. The van der Waals surface area contributed by atoms with Gasteiger partial charge in [-0.25, -0.2) is 12.8 Å². The van der Waals surface area contributed by atoms with Crippen LogP contribution < -0.4 is 4.31 Å². The van der Waals surface area contributed by atoms with Crippen LogP contribution in [0.1, 0.15) is 0 Å². The van der Waals surface area contributed by atoms with Crippen LogP contribution in [0.3, 0.4) is 0 Å². The van der Waals surface area contributed by atoms with E-state index in [0.717, 1.165) is 10.4 Å². The maximum atomic E-state index is 13.6. The van der Waals surface area contributed by atoms with Crippen LogP contribution >= 0.6 is 12.4 Å². The van der Waals surface area contributed by atoms with Crippen molar-refractivity contribution in [2.24, 2.45) is 0 Å². The molecule has 0 fully saturated rings. The van der Waals surface area contributed by atoms with E-state index < -0.39 is 15.8 Å². The largest absolute Gasteiger partial charge is 0.269 e. The van der Waals surface area contributed by atoms with E-state index in [1.54, 1.807) is 30.3 Å². The first-order chi connectivity index (χ1) is 8.53. The van der Waals surface area contributed by atoms with E-state index in [2.05, 4.69) is 0 Å². The van der Waals surface area contributed by atoms with Crippen LogP contribution in [-0.2, 0) is 10.0 Å². The van der Waals surface area contributed by atoms with Crippen molar-refractivity contribution >= 4 is 28.1 Å². The van der Waals surface area contributed by atoms with E-state index in [1.807, 2.05) is 0 Å². The zero-order valence-corrected chi connectivity index (χ0v) is 11.8. The third kappa shape index (κ3) is 3.05. The summed E-state index contributed by atoms with van der Waals surface area (Å²) in [6.07, 6.45) is 0. The zero-order chi connectivity index (χ0) is 13.2. The molecule has 102 valence electrons. The molecule has 0 N–H and O–H groups in total. The van der Waals surface area contributed by atoms with Crippen molar-refractivity contribution in [3.05, 3.63) is 60.4 Å². The third-order valence-electron chi connectivity index (χ3n) is 2.59. The number of benzene rings is 2. The lowest BCUT2D eigenvalue weighted by Gasteiger charge is -2.19. The fourth-order valence-electron chi connectivity index (χ4n) is 1.58. The van der Waals surface area contributed by atoms with Crippen molar-refractivity contribution in [2.75, 3.05) is 11.4 Å². The van der Waals surface area contributed by atoms with Crippen LogP contribution in [0.5, 0.6) is 0 Å². The van der Waals surface area contributed by atoms with E-state index in [9.17, 15) is 12.8 Å². The van der Waals surface area contributed by atoms with Crippen LogP contribution in [0, 0.1) is 5.82 Å². The Balaban J connectivity index is 0.00000180. The number of rotatable bonds is 3. The Morgan fingerprint density at radius 3 is 2.05 bits per heavy atom. The highest BCUT2D eigenvalue weighted by atomic mass is 35.5. The molecule has 19 heavy (non-hydrogen) atoms. The molecule has 0 aliphatic heterocycles. The minimum Gasteiger partial charge on any atom is -0.269 e. The Kier molecular flexibility index (Phi) is 4.91. The average Bonchev–Trinajstić information content (AvgIpc) is 2.39. The van der Waals surface area contributed by atoms with E-state index in [4.69, 9.17) is 0 Å². The molecule has 2 aromatic rings. The summed E-state index contributed by atoms with van der Waals surface area (Å²) in [7, 11) is -2.46. The molecule has 0 radical (unpaired) electrons. The molecule has 3 nitrogen and oxygen atoms in total. The molecule has 0 saturated carbocycles. The monoisotopic (exact) mass is 301 g/mol. The molecule has 6 heteroatoms. The van der Waals surface area contributed by atoms with Crippen LogP contribution in [-0.4, -0.2) is 15.5 Å². The van der Waals surface area contributed by atoms with Gasteiger partial charge in [-0.15, -0.1) is 12.4 Å². The molecule has 0 unspecified atom stereocenters. The Hall–Kier alpha value is -1.59. The molecule has 2 aromatic carbocycles. The average molecular weight is 302 g/mol. The van der Waals surface area contributed by atoms with Gasteiger partial charge in [0.25, 0.3) is 10.0 Å². The first kappa shape index (κ1) is 15.5. The lowest BCUT2D eigenvalue weighted by Crippen LogP contribution is -2.27. The van der Waals surface area contributed by atoms with E-state index in [1.165, 1.54) is 25.2 Å². The van der Waals surface area contributed by atoms with Gasteiger partial charge in [-0.3, -0.25) is 4.31 Å². The predicted molar refractivity (Wildman–Crippen MR) is 75.7 cm³/mol. The van der Waals surface area contributed by atoms with Crippen molar-refractivity contribution in [1.29, 1.82) is 0 Å². The van der Waals surface area contributed by atoms with Crippen molar-refractivity contribution < 1.29 is 12.8 Å². The van der Waals surface area contributed by atoms with E-state index >= 15 is 0 Å². The highest BCUT2D eigenvalue weighted by Crippen LogP contribution is 2.23. The van der Waals surface area contributed by atoms with E-state index in [0.29, 0.717) is 5.69 Å². The standard InChI is InChI=1S/C13H12FNO2S.ClH/c1-15(11-7-3-2-4-8-11)18(16,17)13-10-6-5-9-12(13)14;/h2-10H,1H3;1H. The fourth-order valence-corrected chi connectivity index (χ4v) is 2.84. The second kappa shape index (κ2) is 6.04. The van der Waals surface area contributed by atoms with Crippen LogP contribution in [0.4, 0.5) is 10.1 Å². The smallest absolute Gasteiger partial charge is 0.266 e. The molecule has 0 aliphatic carbocycles. The predicted octanol–water partition coefficient (Wildman–Crippen LogP) is 3.07. The highest BCUT2D eigenvalue weighted by Gasteiger charge is 2.24. The maximum absolute atomic E-state index is 13.6. The summed E-state index contributed by atoms with van der Waals surface area (Å²) in [5.41, 5.74) is 0.487. The quantitative estimate of drug-likeness (QED) is 0.874. The van der Waals surface area contributed by atoms with Crippen molar-refractivity contribution in [3.8, 4) is 0 Å². The van der Waals surface area contributed by atoms with Gasteiger partial charge in [0.2, 0.25) is 0 Å². The van der Waals surface area contributed by atoms with Crippen molar-refractivity contribution in [1.82, 2.24) is 0 Å². The Labute approximate surface area is 118 Å². The van der Waals surface area contributed by atoms with Gasteiger partial charge in [-0.05, 0) is 24.3 Å². The summed E-state index contributed by atoms with van der Waals surface area (Å²) in [6.45, 7) is 0. The van der Waals surface area contributed by atoms with Crippen LogP contribution in [0.15, 0.2) is 59.5 Å². The molecular weight excluding hydrogens is 289 g/mol. The SMILES string of the molecule is CN(c1ccccc1)S(=O)(=O)c1ccccc1F.Cl. The third-order valence-corrected chi connectivity index (χ3v) is 4.41. The van der Waals surface area contributed by atoms with Gasteiger partial charge in [0.05, 0.1) is 5.69 Å². The molecule has 0 saturated heterocycles. The molecule has 0 bridgehead atoms.